The van der Waals surface area contributed by atoms with Crippen LogP contribution in [0.4, 0.5) is 0 Å². The van der Waals surface area contributed by atoms with Crippen LogP contribution in [0, 0.1) is 0 Å². The fourth-order valence-corrected chi connectivity index (χ4v) is 4.25. The highest BCUT2D eigenvalue weighted by atomic mass is 32.2. The maximum absolute atomic E-state index is 4.55. The van der Waals surface area contributed by atoms with Gasteiger partial charge in [0.15, 0.2) is 0 Å². The molecule has 1 atom stereocenters. The minimum absolute atomic E-state index is 0.699. The van der Waals surface area contributed by atoms with Crippen molar-refractivity contribution < 1.29 is 0 Å². The second-order valence-electron chi connectivity index (χ2n) is 4.32. The molecule has 1 aromatic rings. The van der Waals surface area contributed by atoms with Crippen LogP contribution in [0.15, 0.2) is 6.20 Å². The van der Waals surface area contributed by atoms with Crippen molar-refractivity contribution in [3.8, 4) is 0 Å². The summed E-state index contributed by atoms with van der Waals surface area (Å²) in [6, 6.07) is 0.802. The molecule has 0 bridgehead atoms. The zero-order chi connectivity index (χ0) is 10.1. The highest BCUT2D eigenvalue weighted by Crippen LogP contribution is 2.41. The van der Waals surface area contributed by atoms with E-state index in [1.54, 1.807) is 0 Å². The lowest BCUT2D eigenvalue weighted by molar-refractivity contribution is 0.694. The highest BCUT2D eigenvalue weighted by molar-refractivity contribution is 7.99. The first kappa shape index (κ1) is 10.1. The van der Waals surface area contributed by atoms with Crippen molar-refractivity contribution in [3.63, 3.8) is 0 Å². The van der Waals surface area contributed by atoms with E-state index >= 15 is 0 Å². The van der Waals surface area contributed by atoms with Crippen LogP contribution in [0.1, 0.15) is 40.8 Å². The molecule has 0 spiro atoms. The van der Waals surface area contributed by atoms with E-state index in [9.17, 15) is 0 Å². The Bertz CT molecular complexity index is 327. The summed E-state index contributed by atoms with van der Waals surface area (Å²) in [6.07, 6.45) is 7.49. The second-order valence-corrected chi connectivity index (χ2v) is 6.78. The molecule has 1 aliphatic heterocycles. The molecule has 2 nitrogen and oxygen atoms in total. The lowest BCUT2D eigenvalue weighted by Crippen LogP contribution is -2.14. The summed E-state index contributed by atoms with van der Waals surface area (Å²) >= 11 is 3.98. The number of hydrogen-bond acceptors (Lipinski definition) is 4. The zero-order valence-electron chi connectivity index (χ0n) is 8.74. The van der Waals surface area contributed by atoms with Crippen molar-refractivity contribution in [1.29, 1.82) is 0 Å². The molecule has 15 heavy (non-hydrogen) atoms. The molecule has 1 aliphatic carbocycles. The molecular weight excluding hydrogens is 224 g/mol. The van der Waals surface area contributed by atoms with Gasteiger partial charge in [-0.2, -0.15) is 11.8 Å². The molecule has 2 aliphatic rings. The molecule has 1 N–H and O–H groups in total. The minimum atomic E-state index is 0.699. The van der Waals surface area contributed by atoms with Crippen molar-refractivity contribution in [2.24, 2.45) is 0 Å². The molecule has 0 amide bonds. The maximum Gasteiger partial charge on any atom is 0.106 e. The molecule has 1 unspecified atom stereocenters. The Hall–Kier alpha value is -0.0600. The van der Waals surface area contributed by atoms with E-state index in [-0.39, 0.29) is 0 Å². The Morgan fingerprint density at radius 3 is 3.07 bits per heavy atom. The Kier molecular flexibility index (Phi) is 2.99. The molecule has 2 fully saturated rings. The number of aromatic nitrogens is 1. The van der Waals surface area contributed by atoms with Crippen molar-refractivity contribution in [2.75, 3.05) is 5.75 Å². The van der Waals surface area contributed by atoms with Crippen LogP contribution < -0.4 is 5.32 Å². The smallest absolute Gasteiger partial charge is 0.106 e. The third kappa shape index (κ3) is 2.55. The van der Waals surface area contributed by atoms with Gasteiger partial charge in [0, 0.05) is 23.7 Å². The minimum Gasteiger partial charge on any atom is -0.309 e. The first-order valence-corrected chi connectivity index (χ1v) is 7.58. The van der Waals surface area contributed by atoms with Gasteiger partial charge in [-0.3, -0.25) is 0 Å². The fraction of sp³-hybridized carbons (Fsp3) is 0.727. The average molecular weight is 240 g/mol. The fourth-order valence-electron chi connectivity index (χ4n) is 1.86. The summed E-state index contributed by atoms with van der Waals surface area (Å²) in [4.78, 5) is 5.96. The Labute approximate surface area is 98.9 Å². The average Bonchev–Trinajstić information content (AvgIpc) is 2.78. The number of nitrogens with one attached hydrogen (secondary N) is 1. The van der Waals surface area contributed by atoms with Crippen LogP contribution in [0.25, 0.3) is 0 Å². The zero-order valence-corrected chi connectivity index (χ0v) is 10.4. The predicted octanol–water partition coefficient (Wildman–Crippen LogP) is 2.96. The number of nitrogens with zero attached hydrogens (tertiary/aromatic N) is 1. The van der Waals surface area contributed by atoms with Gasteiger partial charge >= 0.3 is 0 Å². The molecule has 1 saturated carbocycles. The van der Waals surface area contributed by atoms with Gasteiger partial charge in [-0.15, -0.1) is 11.3 Å². The van der Waals surface area contributed by atoms with Crippen LogP contribution in [0.3, 0.4) is 0 Å². The summed E-state index contributed by atoms with van der Waals surface area (Å²) < 4.78 is 0. The maximum atomic E-state index is 4.55. The molecule has 1 aromatic heterocycles. The molecule has 2 heterocycles. The number of rotatable bonds is 4. The van der Waals surface area contributed by atoms with Gasteiger partial charge in [0.1, 0.15) is 5.01 Å². The standard InChI is InChI=1S/C11H16N2S2/c1-2-10(14-5-1)11-13-7-9(15-11)6-12-8-3-4-8/h7-8,10,12H,1-6H2. The molecule has 3 rings (SSSR count). The normalized spacial score (nSPS) is 26.0. The van der Waals surface area contributed by atoms with Crippen molar-refractivity contribution >= 4 is 23.1 Å². The van der Waals surface area contributed by atoms with Gasteiger partial charge in [0.05, 0.1) is 5.25 Å². The third-order valence-electron chi connectivity index (χ3n) is 2.92. The first-order chi connectivity index (χ1) is 7.42. The summed E-state index contributed by atoms with van der Waals surface area (Å²) in [7, 11) is 0. The molecule has 4 heteroatoms. The van der Waals surface area contributed by atoms with E-state index in [4.69, 9.17) is 0 Å². The van der Waals surface area contributed by atoms with Crippen molar-refractivity contribution in [3.05, 3.63) is 16.1 Å². The van der Waals surface area contributed by atoms with Crippen LogP contribution in [-0.4, -0.2) is 16.8 Å². The molecule has 82 valence electrons. The van der Waals surface area contributed by atoms with Gasteiger partial charge in [-0.05, 0) is 31.4 Å². The van der Waals surface area contributed by atoms with Crippen LogP contribution >= 0.6 is 23.1 Å². The predicted molar refractivity (Wildman–Crippen MR) is 66.4 cm³/mol. The highest BCUT2D eigenvalue weighted by Gasteiger charge is 2.22. The lowest BCUT2D eigenvalue weighted by atomic mass is 10.3. The van der Waals surface area contributed by atoms with Gasteiger partial charge in [0.25, 0.3) is 0 Å². The van der Waals surface area contributed by atoms with E-state index in [1.165, 1.54) is 41.3 Å². The summed E-state index contributed by atoms with van der Waals surface area (Å²) in [5.41, 5.74) is 0. The largest absolute Gasteiger partial charge is 0.309 e. The van der Waals surface area contributed by atoms with E-state index in [0.717, 1.165) is 12.6 Å². The summed E-state index contributed by atoms with van der Waals surface area (Å²) in [6.45, 7) is 1.03. The van der Waals surface area contributed by atoms with Crippen LogP contribution in [-0.2, 0) is 6.54 Å². The second kappa shape index (κ2) is 4.44. The lowest BCUT2D eigenvalue weighted by Gasteiger charge is -2.02. The van der Waals surface area contributed by atoms with Gasteiger partial charge in [-0.1, -0.05) is 0 Å². The number of hydrogen-bond donors (Lipinski definition) is 1. The van der Waals surface area contributed by atoms with E-state index in [2.05, 4.69) is 28.3 Å². The van der Waals surface area contributed by atoms with E-state index in [0.29, 0.717) is 5.25 Å². The first-order valence-electron chi connectivity index (χ1n) is 5.71. The Balaban J connectivity index is 1.59. The van der Waals surface area contributed by atoms with Crippen molar-refractivity contribution in [2.45, 2.75) is 43.5 Å². The third-order valence-corrected chi connectivity index (χ3v) is 5.56. The van der Waals surface area contributed by atoms with Crippen molar-refractivity contribution in [1.82, 2.24) is 10.3 Å². The Morgan fingerprint density at radius 2 is 2.33 bits per heavy atom. The quantitative estimate of drug-likeness (QED) is 0.876. The van der Waals surface area contributed by atoms with Gasteiger partial charge in [-0.25, -0.2) is 4.98 Å². The molecular formula is C11H16N2S2. The SMILES string of the molecule is c1nc(C2CCCS2)sc1CNC1CC1. The van der Waals surface area contributed by atoms with E-state index < -0.39 is 0 Å². The topological polar surface area (TPSA) is 24.9 Å². The number of thiazole rings is 1. The van der Waals surface area contributed by atoms with Gasteiger partial charge < -0.3 is 5.32 Å². The molecule has 1 saturated heterocycles. The Morgan fingerprint density at radius 1 is 1.40 bits per heavy atom. The van der Waals surface area contributed by atoms with Gasteiger partial charge in [0.2, 0.25) is 0 Å². The summed E-state index contributed by atoms with van der Waals surface area (Å²) in [5.74, 6) is 1.32. The van der Waals surface area contributed by atoms with Crippen LogP contribution in [0.5, 0.6) is 0 Å². The van der Waals surface area contributed by atoms with Crippen LogP contribution in [0.2, 0.25) is 0 Å². The number of thioether (sulfide) groups is 1. The molecule has 0 aromatic carbocycles. The summed E-state index contributed by atoms with van der Waals surface area (Å²) in [5, 5.41) is 5.59. The monoisotopic (exact) mass is 240 g/mol. The molecule has 0 radical (unpaired) electrons. The van der Waals surface area contributed by atoms with E-state index in [1.807, 2.05) is 11.3 Å².